The van der Waals surface area contributed by atoms with Crippen molar-refractivity contribution in [3.63, 3.8) is 0 Å². The Morgan fingerprint density at radius 1 is 1.38 bits per heavy atom. The second-order valence-electron chi connectivity index (χ2n) is 4.54. The quantitative estimate of drug-likeness (QED) is 0.840. The van der Waals surface area contributed by atoms with Gasteiger partial charge in [-0.05, 0) is 49.4 Å². The summed E-state index contributed by atoms with van der Waals surface area (Å²) in [6.45, 7) is 3.26. The fraction of sp³-hybridized carbons (Fsp3) is 0.571. The summed E-state index contributed by atoms with van der Waals surface area (Å²) in [7, 11) is 1.73. The largest absolute Gasteiger partial charge is 0.497 e. The molecule has 2 nitrogen and oxygen atoms in total. The van der Waals surface area contributed by atoms with Crippen molar-refractivity contribution in [2.75, 3.05) is 13.7 Å². The maximum atomic E-state index is 5.27. The molecule has 0 spiro atoms. The number of nitrogens with one attached hydrogen (secondary N) is 1. The van der Waals surface area contributed by atoms with Gasteiger partial charge in [0.2, 0.25) is 0 Å². The zero-order chi connectivity index (χ0) is 11.4. The highest BCUT2D eigenvalue weighted by molar-refractivity contribution is 5.31. The van der Waals surface area contributed by atoms with Crippen LogP contribution in [0.2, 0.25) is 0 Å². The van der Waals surface area contributed by atoms with Gasteiger partial charge in [0, 0.05) is 6.04 Å². The summed E-state index contributed by atoms with van der Waals surface area (Å²) in [6, 6.07) is 9.22. The fourth-order valence-electron chi connectivity index (χ4n) is 2.65. The molecule has 1 saturated carbocycles. The Morgan fingerprint density at radius 3 is 3.00 bits per heavy atom. The first-order chi connectivity index (χ1) is 7.83. The van der Waals surface area contributed by atoms with Crippen LogP contribution in [0.25, 0.3) is 0 Å². The second-order valence-corrected chi connectivity index (χ2v) is 4.54. The molecule has 2 atom stereocenters. The fourth-order valence-corrected chi connectivity index (χ4v) is 2.65. The number of hydrogen-bond acceptors (Lipinski definition) is 2. The number of benzene rings is 1. The third-order valence-corrected chi connectivity index (χ3v) is 3.49. The zero-order valence-electron chi connectivity index (χ0n) is 10.2. The van der Waals surface area contributed by atoms with Crippen LogP contribution in [0, 0.1) is 0 Å². The molecule has 1 aromatic rings. The highest BCUT2D eigenvalue weighted by Gasteiger charge is 2.25. The van der Waals surface area contributed by atoms with Gasteiger partial charge in [-0.1, -0.05) is 19.1 Å². The lowest BCUT2D eigenvalue weighted by Crippen LogP contribution is -2.25. The minimum atomic E-state index is 0.708. The van der Waals surface area contributed by atoms with Crippen molar-refractivity contribution in [3.8, 4) is 5.75 Å². The van der Waals surface area contributed by atoms with Crippen LogP contribution in [0.5, 0.6) is 5.75 Å². The van der Waals surface area contributed by atoms with E-state index in [0.717, 1.165) is 12.3 Å². The summed E-state index contributed by atoms with van der Waals surface area (Å²) in [6.07, 6.45) is 3.86. The number of methoxy groups -OCH3 is 1. The molecule has 0 aromatic heterocycles. The molecule has 1 N–H and O–H groups in total. The molecular formula is C14H21NO. The monoisotopic (exact) mass is 219 g/mol. The van der Waals surface area contributed by atoms with Gasteiger partial charge in [0.15, 0.2) is 0 Å². The average molecular weight is 219 g/mol. The van der Waals surface area contributed by atoms with E-state index < -0.39 is 0 Å². The van der Waals surface area contributed by atoms with Crippen molar-refractivity contribution in [3.05, 3.63) is 29.8 Å². The topological polar surface area (TPSA) is 21.3 Å². The minimum Gasteiger partial charge on any atom is -0.497 e. The van der Waals surface area contributed by atoms with Crippen molar-refractivity contribution in [2.45, 2.75) is 38.1 Å². The van der Waals surface area contributed by atoms with E-state index in [4.69, 9.17) is 4.74 Å². The van der Waals surface area contributed by atoms with Crippen LogP contribution in [0.3, 0.4) is 0 Å². The Labute approximate surface area is 98.0 Å². The van der Waals surface area contributed by atoms with Crippen molar-refractivity contribution in [2.24, 2.45) is 0 Å². The van der Waals surface area contributed by atoms with Crippen molar-refractivity contribution >= 4 is 0 Å². The van der Waals surface area contributed by atoms with Gasteiger partial charge >= 0.3 is 0 Å². The molecule has 0 saturated heterocycles. The standard InChI is InChI=1S/C14H21NO/c1-3-15-13-8-7-12(9-13)11-5-4-6-14(10-11)16-2/h4-6,10,12-13,15H,3,7-9H2,1-2H3. The predicted octanol–water partition coefficient (Wildman–Crippen LogP) is 2.94. The van der Waals surface area contributed by atoms with Gasteiger partial charge in [0.05, 0.1) is 7.11 Å². The van der Waals surface area contributed by atoms with Gasteiger partial charge in [-0.15, -0.1) is 0 Å². The average Bonchev–Trinajstić information content (AvgIpc) is 2.78. The van der Waals surface area contributed by atoms with Crippen LogP contribution in [0.1, 0.15) is 37.7 Å². The summed E-state index contributed by atoms with van der Waals surface area (Å²) in [4.78, 5) is 0. The lowest BCUT2D eigenvalue weighted by Gasteiger charge is -2.13. The summed E-state index contributed by atoms with van der Waals surface area (Å²) >= 11 is 0. The van der Waals surface area contributed by atoms with Crippen molar-refractivity contribution in [1.82, 2.24) is 5.32 Å². The SMILES string of the molecule is CCNC1CCC(c2cccc(OC)c2)C1. The van der Waals surface area contributed by atoms with E-state index >= 15 is 0 Å². The van der Waals surface area contributed by atoms with Gasteiger partial charge in [-0.3, -0.25) is 0 Å². The van der Waals surface area contributed by atoms with Gasteiger partial charge in [0.25, 0.3) is 0 Å². The third kappa shape index (κ3) is 2.56. The lowest BCUT2D eigenvalue weighted by atomic mass is 9.97. The first-order valence-corrected chi connectivity index (χ1v) is 6.20. The van der Waals surface area contributed by atoms with Crippen molar-refractivity contribution < 1.29 is 4.74 Å². The number of ether oxygens (including phenoxy) is 1. The molecule has 1 aliphatic rings. The molecule has 0 aliphatic heterocycles. The molecule has 2 heteroatoms. The highest BCUT2D eigenvalue weighted by atomic mass is 16.5. The molecule has 88 valence electrons. The third-order valence-electron chi connectivity index (χ3n) is 3.49. The zero-order valence-corrected chi connectivity index (χ0v) is 10.2. The molecule has 1 aromatic carbocycles. The van der Waals surface area contributed by atoms with Crippen LogP contribution in [-0.4, -0.2) is 19.7 Å². The van der Waals surface area contributed by atoms with E-state index in [-0.39, 0.29) is 0 Å². The molecule has 0 bridgehead atoms. The molecule has 0 amide bonds. The van der Waals surface area contributed by atoms with Crippen molar-refractivity contribution in [1.29, 1.82) is 0 Å². The summed E-state index contributed by atoms with van der Waals surface area (Å²) < 4.78 is 5.27. The van der Waals surface area contributed by atoms with Gasteiger partial charge in [0.1, 0.15) is 5.75 Å². The maximum absolute atomic E-state index is 5.27. The van der Waals surface area contributed by atoms with E-state index in [0.29, 0.717) is 12.0 Å². The van der Waals surface area contributed by atoms with E-state index in [1.165, 1.54) is 24.8 Å². The van der Waals surface area contributed by atoms with Gasteiger partial charge in [-0.25, -0.2) is 0 Å². The molecule has 1 aliphatic carbocycles. The lowest BCUT2D eigenvalue weighted by molar-refractivity contribution is 0.413. The molecule has 0 radical (unpaired) electrons. The van der Waals surface area contributed by atoms with Crippen LogP contribution in [-0.2, 0) is 0 Å². The van der Waals surface area contributed by atoms with Gasteiger partial charge in [-0.2, -0.15) is 0 Å². The maximum Gasteiger partial charge on any atom is 0.119 e. The molecular weight excluding hydrogens is 198 g/mol. The molecule has 16 heavy (non-hydrogen) atoms. The molecule has 2 unspecified atom stereocenters. The smallest absolute Gasteiger partial charge is 0.119 e. The number of hydrogen-bond donors (Lipinski definition) is 1. The molecule has 1 fully saturated rings. The Kier molecular flexibility index (Phi) is 3.83. The van der Waals surface area contributed by atoms with Crippen LogP contribution in [0.15, 0.2) is 24.3 Å². The van der Waals surface area contributed by atoms with E-state index in [1.54, 1.807) is 7.11 Å². The molecule has 0 heterocycles. The Hall–Kier alpha value is -1.02. The molecule has 2 rings (SSSR count). The first kappa shape index (κ1) is 11.5. The highest BCUT2D eigenvalue weighted by Crippen LogP contribution is 2.35. The first-order valence-electron chi connectivity index (χ1n) is 6.20. The normalized spacial score (nSPS) is 24.6. The summed E-state index contributed by atoms with van der Waals surface area (Å²) in [5, 5.41) is 3.54. The summed E-state index contributed by atoms with van der Waals surface area (Å²) in [5.41, 5.74) is 1.43. The van der Waals surface area contributed by atoms with Crippen LogP contribution in [0.4, 0.5) is 0 Å². The number of rotatable bonds is 4. The van der Waals surface area contributed by atoms with E-state index in [1.807, 2.05) is 6.07 Å². The van der Waals surface area contributed by atoms with Crippen LogP contribution >= 0.6 is 0 Å². The minimum absolute atomic E-state index is 0.708. The Balaban J connectivity index is 2.02. The summed E-state index contributed by atoms with van der Waals surface area (Å²) in [5.74, 6) is 1.68. The van der Waals surface area contributed by atoms with E-state index in [2.05, 4.69) is 30.4 Å². The Bertz CT molecular complexity index is 337. The predicted molar refractivity (Wildman–Crippen MR) is 67.1 cm³/mol. The van der Waals surface area contributed by atoms with E-state index in [9.17, 15) is 0 Å². The van der Waals surface area contributed by atoms with Crippen LogP contribution < -0.4 is 10.1 Å². The second kappa shape index (κ2) is 5.35. The van der Waals surface area contributed by atoms with Gasteiger partial charge < -0.3 is 10.1 Å². The Morgan fingerprint density at radius 2 is 2.25 bits per heavy atom.